The Morgan fingerprint density at radius 2 is 1.96 bits per heavy atom. The molecule has 0 saturated heterocycles. The summed E-state index contributed by atoms with van der Waals surface area (Å²) in [5, 5.41) is 2.81. The fourth-order valence-electron chi connectivity index (χ4n) is 1.82. The molecule has 0 saturated carbocycles. The summed E-state index contributed by atoms with van der Waals surface area (Å²) in [6, 6.07) is 11.9. The van der Waals surface area contributed by atoms with E-state index in [2.05, 4.69) is 5.32 Å². The summed E-state index contributed by atoms with van der Waals surface area (Å²) < 4.78 is 30.3. The maximum absolute atomic E-state index is 12.6. The minimum absolute atomic E-state index is 0.150. The highest BCUT2D eigenvalue weighted by atomic mass is 35.5. The average Bonchev–Trinajstić information content (AvgIpc) is 2.56. The van der Waals surface area contributed by atoms with Gasteiger partial charge in [0.05, 0.1) is 28.5 Å². The lowest BCUT2D eigenvalue weighted by molar-refractivity contribution is -0.113. The SMILES string of the molecule is COc1ccc(SCC(=O)Nc2cccc(Cl)c2SC(F)F)cc1. The fourth-order valence-corrected chi connectivity index (χ4v) is 3.43. The van der Waals surface area contributed by atoms with Gasteiger partial charge >= 0.3 is 0 Å². The maximum atomic E-state index is 12.6. The number of thioether (sulfide) groups is 2. The number of hydrogen-bond donors (Lipinski definition) is 1. The first-order valence-corrected chi connectivity index (χ1v) is 9.04. The topological polar surface area (TPSA) is 38.3 Å². The van der Waals surface area contributed by atoms with Gasteiger partial charge in [0, 0.05) is 4.90 Å². The normalized spacial score (nSPS) is 10.7. The molecule has 2 rings (SSSR count). The molecule has 0 bridgehead atoms. The number of carbonyl (C=O) groups is 1. The first kappa shape index (κ1) is 18.9. The number of hydrogen-bond acceptors (Lipinski definition) is 4. The van der Waals surface area contributed by atoms with Crippen LogP contribution in [0.4, 0.5) is 14.5 Å². The van der Waals surface area contributed by atoms with Crippen molar-refractivity contribution >= 4 is 46.7 Å². The second-order valence-electron chi connectivity index (χ2n) is 4.51. The van der Waals surface area contributed by atoms with Gasteiger partial charge in [0.15, 0.2) is 0 Å². The summed E-state index contributed by atoms with van der Waals surface area (Å²) in [6.07, 6.45) is 0. The second-order valence-corrected chi connectivity index (χ2v) is 6.96. The number of methoxy groups -OCH3 is 1. The maximum Gasteiger partial charge on any atom is 0.289 e. The molecule has 1 N–H and O–H groups in total. The molecule has 8 heteroatoms. The zero-order valence-electron chi connectivity index (χ0n) is 12.6. The summed E-state index contributed by atoms with van der Waals surface area (Å²) in [4.78, 5) is 13.1. The second kappa shape index (κ2) is 9.15. The third-order valence-corrected chi connectivity index (χ3v) is 5.17. The Morgan fingerprint density at radius 1 is 1.25 bits per heavy atom. The smallest absolute Gasteiger partial charge is 0.289 e. The van der Waals surface area contributed by atoms with Crippen LogP contribution in [-0.2, 0) is 4.79 Å². The van der Waals surface area contributed by atoms with Crippen molar-refractivity contribution in [3.63, 3.8) is 0 Å². The lowest BCUT2D eigenvalue weighted by atomic mass is 10.3. The van der Waals surface area contributed by atoms with E-state index >= 15 is 0 Å². The molecule has 0 unspecified atom stereocenters. The summed E-state index contributed by atoms with van der Waals surface area (Å²) >= 11 is 7.58. The summed E-state index contributed by atoms with van der Waals surface area (Å²) in [5.74, 6) is -2.03. The van der Waals surface area contributed by atoms with Gasteiger partial charge < -0.3 is 10.1 Å². The zero-order chi connectivity index (χ0) is 17.5. The molecule has 0 aromatic heterocycles. The molecule has 0 radical (unpaired) electrons. The number of nitrogens with one attached hydrogen (secondary N) is 1. The van der Waals surface area contributed by atoms with Gasteiger partial charge in [-0.05, 0) is 36.4 Å². The Balaban J connectivity index is 1.98. The minimum Gasteiger partial charge on any atom is -0.497 e. The number of alkyl halides is 2. The van der Waals surface area contributed by atoms with E-state index in [0.29, 0.717) is 11.8 Å². The van der Waals surface area contributed by atoms with E-state index in [9.17, 15) is 13.6 Å². The van der Waals surface area contributed by atoms with Gasteiger partial charge in [0.2, 0.25) is 5.91 Å². The molecule has 24 heavy (non-hydrogen) atoms. The summed E-state index contributed by atoms with van der Waals surface area (Å²) in [5.41, 5.74) is 0.285. The van der Waals surface area contributed by atoms with Gasteiger partial charge in [-0.25, -0.2) is 0 Å². The number of halogens is 3. The number of carbonyl (C=O) groups excluding carboxylic acids is 1. The molecular formula is C16H14ClF2NO2S2. The molecule has 0 spiro atoms. The largest absolute Gasteiger partial charge is 0.497 e. The van der Waals surface area contributed by atoms with E-state index in [-0.39, 0.29) is 27.3 Å². The molecule has 0 aliphatic carbocycles. The van der Waals surface area contributed by atoms with Crippen LogP contribution in [0.1, 0.15) is 0 Å². The first-order chi connectivity index (χ1) is 11.5. The molecule has 0 fully saturated rings. The fraction of sp³-hybridized carbons (Fsp3) is 0.188. The molecule has 3 nitrogen and oxygen atoms in total. The lowest BCUT2D eigenvalue weighted by Crippen LogP contribution is -2.14. The van der Waals surface area contributed by atoms with Crippen LogP contribution in [0.3, 0.4) is 0 Å². The van der Waals surface area contributed by atoms with Crippen LogP contribution >= 0.6 is 35.1 Å². The molecule has 0 atom stereocenters. The van der Waals surface area contributed by atoms with Crippen molar-refractivity contribution in [1.82, 2.24) is 0 Å². The molecule has 0 heterocycles. The van der Waals surface area contributed by atoms with Crippen LogP contribution in [0.25, 0.3) is 0 Å². The van der Waals surface area contributed by atoms with Crippen molar-refractivity contribution in [1.29, 1.82) is 0 Å². The van der Waals surface area contributed by atoms with Crippen molar-refractivity contribution in [3.05, 3.63) is 47.5 Å². The molecule has 2 aromatic rings. The Hall–Kier alpha value is -1.44. The molecular weight excluding hydrogens is 376 g/mol. The third-order valence-electron chi connectivity index (χ3n) is 2.88. The van der Waals surface area contributed by atoms with Crippen molar-refractivity contribution in [3.8, 4) is 5.75 Å². The van der Waals surface area contributed by atoms with Crippen molar-refractivity contribution in [2.24, 2.45) is 0 Å². The highest BCUT2D eigenvalue weighted by Crippen LogP contribution is 2.37. The summed E-state index contributed by atoms with van der Waals surface area (Å²) in [7, 11) is 1.58. The number of ether oxygens (including phenoxy) is 1. The molecule has 128 valence electrons. The standard InChI is InChI=1S/C16H14ClF2NO2S2/c1-22-10-5-7-11(8-6-10)23-9-14(21)20-13-4-2-3-12(17)15(13)24-16(18)19/h2-8,16H,9H2,1H3,(H,20,21). The van der Waals surface area contributed by atoms with E-state index in [1.807, 2.05) is 12.1 Å². The Labute approximate surface area is 152 Å². The van der Waals surface area contributed by atoms with Gasteiger partial charge in [-0.2, -0.15) is 8.78 Å². The lowest BCUT2D eigenvalue weighted by Gasteiger charge is -2.12. The number of amides is 1. The zero-order valence-corrected chi connectivity index (χ0v) is 15.0. The highest BCUT2D eigenvalue weighted by molar-refractivity contribution is 8.00. The monoisotopic (exact) mass is 389 g/mol. The molecule has 2 aromatic carbocycles. The van der Waals surface area contributed by atoms with Crippen molar-refractivity contribution in [2.45, 2.75) is 15.5 Å². The Kier molecular flexibility index (Phi) is 7.20. The van der Waals surface area contributed by atoms with E-state index in [4.69, 9.17) is 16.3 Å². The van der Waals surface area contributed by atoms with Crippen LogP contribution in [0.5, 0.6) is 5.75 Å². The molecule has 0 aliphatic rings. The van der Waals surface area contributed by atoms with Crippen LogP contribution in [0.2, 0.25) is 5.02 Å². The van der Waals surface area contributed by atoms with Gasteiger partial charge in [-0.3, -0.25) is 4.79 Å². The molecule has 0 aliphatic heterocycles. The van der Waals surface area contributed by atoms with Crippen LogP contribution in [0.15, 0.2) is 52.3 Å². The molecule has 1 amide bonds. The predicted octanol–water partition coefficient (Wildman–Crippen LogP) is 5.39. The van der Waals surface area contributed by atoms with Gasteiger partial charge in [-0.15, -0.1) is 11.8 Å². The minimum atomic E-state index is -2.62. The Morgan fingerprint density at radius 3 is 2.58 bits per heavy atom. The summed E-state index contributed by atoms with van der Waals surface area (Å²) in [6.45, 7) is 0. The van der Waals surface area contributed by atoms with E-state index in [1.54, 1.807) is 31.4 Å². The van der Waals surface area contributed by atoms with Crippen LogP contribution in [0, 0.1) is 0 Å². The highest BCUT2D eigenvalue weighted by Gasteiger charge is 2.15. The van der Waals surface area contributed by atoms with E-state index in [1.165, 1.54) is 17.8 Å². The van der Waals surface area contributed by atoms with E-state index < -0.39 is 5.76 Å². The Bertz CT molecular complexity index is 699. The number of rotatable bonds is 7. The quantitative estimate of drug-likeness (QED) is 0.644. The first-order valence-electron chi connectivity index (χ1n) is 6.79. The van der Waals surface area contributed by atoms with Gasteiger partial charge in [0.25, 0.3) is 5.76 Å². The van der Waals surface area contributed by atoms with Crippen molar-refractivity contribution < 1.29 is 18.3 Å². The van der Waals surface area contributed by atoms with Gasteiger partial charge in [-0.1, -0.05) is 29.4 Å². The van der Waals surface area contributed by atoms with Crippen molar-refractivity contribution in [2.75, 3.05) is 18.2 Å². The average molecular weight is 390 g/mol. The number of anilines is 1. The van der Waals surface area contributed by atoms with Gasteiger partial charge in [0.1, 0.15) is 5.75 Å². The number of benzene rings is 2. The van der Waals surface area contributed by atoms with Crippen LogP contribution in [-0.4, -0.2) is 24.5 Å². The van der Waals surface area contributed by atoms with E-state index in [0.717, 1.165) is 10.6 Å². The van der Waals surface area contributed by atoms with Crippen LogP contribution < -0.4 is 10.1 Å². The predicted molar refractivity (Wildman–Crippen MR) is 95.7 cm³/mol. The third kappa shape index (κ3) is 5.58.